The van der Waals surface area contributed by atoms with Gasteiger partial charge in [0.1, 0.15) is 5.69 Å². The van der Waals surface area contributed by atoms with E-state index in [0.717, 1.165) is 31.3 Å². The maximum atomic E-state index is 12.4. The average Bonchev–Trinajstić information content (AvgIpc) is 2.33. The first-order valence-corrected chi connectivity index (χ1v) is 6.64. The lowest BCUT2D eigenvalue weighted by atomic mass is 9.99. The Morgan fingerprint density at radius 1 is 1.25 bits per heavy atom. The Hall–Kier alpha value is -1.14. The summed E-state index contributed by atoms with van der Waals surface area (Å²) in [7, 11) is 2.09. The molecule has 20 heavy (non-hydrogen) atoms. The zero-order chi connectivity index (χ0) is 15.0. The Morgan fingerprint density at radius 3 is 2.45 bits per heavy atom. The van der Waals surface area contributed by atoms with Gasteiger partial charge < -0.3 is 0 Å². The van der Waals surface area contributed by atoms with Crippen molar-refractivity contribution in [1.82, 2.24) is 14.8 Å². The zero-order valence-electron chi connectivity index (χ0n) is 12.0. The summed E-state index contributed by atoms with van der Waals surface area (Å²) in [6.07, 6.45) is -3.04. The maximum Gasteiger partial charge on any atom is 0.433 e. The molecule has 1 aromatic heterocycles. The molecule has 0 bridgehead atoms. The van der Waals surface area contributed by atoms with Crippen molar-refractivity contribution in [3.63, 3.8) is 0 Å². The first-order chi connectivity index (χ1) is 9.18. The van der Waals surface area contributed by atoms with Gasteiger partial charge in [-0.05, 0) is 32.5 Å². The van der Waals surface area contributed by atoms with Crippen molar-refractivity contribution in [2.45, 2.75) is 32.1 Å². The predicted octanol–water partition coefficient (Wildman–Crippen LogP) is 2.63. The summed E-state index contributed by atoms with van der Waals surface area (Å²) in [5.74, 6) is 0. The minimum Gasteiger partial charge on any atom is -0.299 e. The third-order valence-corrected chi connectivity index (χ3v) is 3.92. The molecule has 0 spiro atoms. The van der Waals surface area contributed by atoms with Crippen LogP contribution in [-0.4, -0.2) is 47.0 Å². The third kappa shape index (κ3) is 3.49. The van der Waals surface area contributed by atoms with Crippen LogP contribution >= 0.6 is 0 Å². The quantitative estimate of drug-likeness (QED) is 0.833. The lowest BCUT2D eigenvalue weighted by Gasteiger charge is -2.45. The van der Waals surface area contributed by atoms with Gasteiger partial charge in [-0.3, -0.25) is 14.8 Å². The lowest BCUT2D eigenvalue weighted by Crippen LogP contribution is -2.57. The van der Waals surface area contributed by atoms with Gasteiger partial charge in [0.25, 0.3) is 0 Å². The molecule has 2 rings (SSSR count). The molecule has 3 nitrogen and oxygen atoms in total. The molecular weight excluding hydrogens is 267 g/mol. The molecule has 112 valence electrons. The molecule has 0 N–H and O–H groups in total. The zero-order valence-corrected chi connectivity index (χ0v) is 12.0. The van der Waals surface area contributed by atoms with Crippen LogP contribution in [0, 0.1) is 0 Å². The summed E-state index contributed by atoms with van der Waals surface area (Å²) in [6.45, 7) is 7.75. The monoisotopic (exact) mass is 287 g/mol. The van der Waals surface area contributed by atoms with E-state index in [4.69, 9.17) is 0 Å². The van der Waals surface area contributed by atoms with Crippen LogP contribution in [0.5, 0.6) is 0 Å². The van der Waals surface area contributed by atoms with Crippen molar-refractivity contribution in [1.29, 1.82) is 0 Å². The maximum absolute atomic E-state index is 12.4. The number of pyridine rings is 1. The minimum absolute atomic E-state index is 0.0809. The summed E-state index contributed by atoms with van der Waals surface area (Å²) >= 11 is 0. The van der Waals surface area contributed by atoms with Crippen LogP contribution in [0.25, 0.3) is 0 Å². The second-order valence-electron chi connectivity index (χ2n) is 5.99. The topological polar surface area (TPSA) is 19.4 Å². The molecule has 0 radical (unpaired) electrons. The van der Waals surface area contributed by atoms with Crippen molar-refractivity contribution >= 4 is 0 Å². The van der Waals surface area contributed by atoms with E-state index in [9.17, 15) is 13.2 Å². The molecular formula is C14H20F3N3. The molecule has 0 saturated carbocycles. The summed E-state index contributed by atoms with van der Waals surface area (Å²) in [4.78, 5) is 8.06. The molecule has 1 aromatic rings. The molecule has 2 heterocycles. The van der Waals surface area contributed by atoms with Gasteiger partial charge in [-0.25, -0.2) is 0 Å². The Labute approximate surface area is 117 Å². The Bertz CT molecular complexity index is 454. The van der Waals surface area contributed by atoms with E-state index in [1.54, 1.807) is 0 Å². The number of rotatable bonds is 2. The van der Waals surface area contributed by atoms with Crippen molar-refractivity contribution in [3.05, 3.63) is 29.6 Å². The first kappa shape index (κ1) is 15.3. The summed E-state index contributed by atoms with van der Waals surface area (Å²) < 4.78 is 37.3. The fourth-order valence-corrected chi connectivity index (χ4v) is 2.42. The highest BCUT2D eigenvalue weighted by Crippen LogP contribution is 2.27. The van der Waals surface area contributed by atoms with Crippen LogP contribution < -0.4 is 0 Å². The van der Waals surface area contributed by atoms with Gasteiger partial charge in [-0.2, -0.15) is 13.2 Å². The van der Waals surface area contributed by atoms with Crippen molar-refractivity contribution in [3.8, 4) is 0 Å². The van der Waals surface area contributed by atoms with E-state index in [1.165, 1.54) is 12.3 Å². The van der Waals surface area contributed by atoms with E-state index in [-0.39, 0.29) is 5.54 Å². The predicted molar refractivity (Wildman–Crippen MR) is 71.2 cm³/mol. The molecule has 1 fully saturated rings. The number of piperazine rings is 1. The average molecular weight is 287 g/mol. The fourth-order valence-electron chi connectivity index (χ4n) is 2.42. The van der Waals surface area contributed by atoms with E-state index in [2.05, 4.69) is 35.7 Å². The van der Waals surface area contributed by atoms with Crippen molar-refractivity contribution < 1.29 is 13.2 Å². The molecule has 1 aliphatic heterocycles. The van der Waals surface area contributed by atoms with Gasteiger partial charge in [0, 0.05) is 37.9 Å². The summed E-state index contributed by atoms with van der Waals surface area (Å²) in [5, 5.41) is 0. The number of halogens is 3. The van der Waals surface area contributed by atoms with Gasteiger partial charge in [0.2, 0.25) is 0 Å². The fraction of sp³-hybridized carbons (Fsp3) is 0.643. The van der Waals surface area contributed by atoms with Crippen LogP contribution in [0.4, 0.5) is 13.2 Å². The number of hydrogen-bond donors (Lipinski definition) is 0. The van der Waals surface area contributed by atoms with E-state index < -0.39 is 11.9 Å². The van der Waals surface area contributed by atoms with Crippen LogP contribution in [0.1, 0.15) is 25.1 Å². The molecule has 6 heteroatoms. The summed E-state index contributed by atoms with van der Waals surface area (Å²) in [5.41, 5.74) is 0.0655. The SMILES string of the molecule is CN1CCN(Cc2ccc(C(F)(F)F)nc2)CC1(C)C. The molecule has 1 aliphatic rings. The number of likely N-dealkylation sites (N-methyl/N-ethyl adjacent to an activating group) is 1. The van der Waals surface area contributed by atoms with Crippen LogP contribution in [-0.2, 0) is 12.7 Å². The van der Waals surface area contributed by atoms with Crippen molar-refractivity contribution in [2.75, 3.05) is 26.7 Å². The largest absolute Gasteiger partial charge is 0.433 e. The van der Waals surface area contributed by atoms with E-state index in [1.807, 2.05) is 0 Å². The minimum atomic E-state index is -4.37. The Balaban J connectivity index is 2.01. The number of nitrogens with zero attached hydrogens (tertiary/aromatic N) is 3. The second-order valence-corrected chi connectivity index (χ2v) is 5.99. The highest BCUT2D eigenvalue weighted by Gasteiger charge is 2.33. The van der Waals surface area contributed by atoms with Crippen molar-refractivity contribution in [2.24, 2.45) is 0 Å². The van der Waals surface area contributed by atoms with Crippen LogP contribution in [0.15, 0.2) is 18.3 Å². The molecule has 0 aliphatic carbocycles. The second kappa shape index (κ2) is 5.33. The highest BCUT2D eigenvalue weighted by molar-refractivity contribution is 5.16. The Kier molecular flexibility index (Phi) is 4.07. The number of aromatic nitrogens is 1. The molecule has 0 unspecified atom stereocenters. The lowest BCUT2D eigenvalue weighted by molar-refractivity contribution is -0.141. The first-order valence-electron chi connectivity index (χ1n) is 6.64. The smallest absolute Gasteiger partial charge is 0.299 e. The molecule has 0 aromatic carbocycles. The third-order valence-electron chi connectivity index (χ3n) is 3.92. The van der Waals surface area contributed by atoms with Crippen LogP contribution in [0.3, 0.4) is 0 Å². The Morgan fingerprint density at radius 2 is 1.95 bits per heavy atom. The number of hydrogen-bond acceptors (Lipinski definition) is 3. The summed E-state index contributed by atoms with van der Waals surface area (Å²) in [6, 6.07) is 2.57. The van der Waals surface area contributed by atoms with Gasteiger partial charge in [0.05, 0.1) is 0 Å². The molecule has 0 atom stereocenters. The number of alkyl halides is 3. The molecule has 0 amide bonds. The van der Waals surface area contributed by atoms with Gasteiger partial charge in [0.15, 0.2) is 0 Å². The standard InChI is InChI=1S/C14H20F3N3/c1-13(2)10-20(7-6-19(13)3)9-11-4-5-12(18-8-11)14(15,16)17/h4-5,8H,6-7,9-10H2,1-3H3. The van der Waals surface area contributed by atoms with Gasteiger partial charge >= 0.3 is 6.18 Å². The van der Waals surface area contributed by atoms with Crippen LogP contribution in [0.2, 0.25) is 0 Å². The van der Waals surface area contributed by atoms with E-state index in [0.29, 0.717) is 6.54 Å². The van der Waals surface area contributed by atoms with Gasteiger partial charge in [-0.15, -0.1) is 0 Å². The van der Waals surface area contributed by atoms with Gasteiger partial charge in [-0.1, -0.05) is 6.07 Å². The molecule has 1 saturated heterocycles. The normalized spacial score (nSPS) is 21.1. The highest BCUT2D eigenvalue weighted by atomic mass is 19.4. The van der Waals surface area contributed by atoms with E-state index >= 15 is 0 Å².